The third kappa shape index (κ3) is 3.49. The van der Waals surface area contributed by atoms with Gasteiger partial charge in [-0.05, 0) is 47.0 Å². The normalized spacial score (nSPS) is 18.4. The fourth-order valence-electron chi connectivity index (χ4n) is 3.88. The summed E-state index contributed by atoms with van der Waals surface area (Å²) in [6, 6.07) is 16.9. The van der Waals surface area contributed by atoms with Gasteiger partial charge in [0.15, 0.2) is 0 Å². The van der Waals surface area contributed by atoms with E-state index in [-0.39, 0.29) is 12.5 Å². The Kier molecular flexibility index (Phi) is 4.84. The molecule has 1 amide bonds. The molecule has 0 spiro atoms. The number of hydrogen-bond donors (Lipinski definition) is 1. The van der Waals surface area contributed by atoms with Gasteiger partial charge in [0.25, 0.3) is 5.91 Å². The average molecular weight is 393 g/mol. The van der Waals surface area contributed by atoms with E-state index in [0.29, 0.717) is 22.3 Å². The molecule has 0 saturated heterocycles. The first-order chi connectivity index (χ1) is 14.0. The Balaban J connectivity index is 1.88. The van der Waals surface area contributed by atoms with Crippen LogP contribution in [0.3, 0.4) is 0 Å². The molecule has 1 N–H and O–H groups in total. The molecule has 29 heavy (non-hydrogen) atoms. The van der Waals surface area contributed by atoms with Gasteiger partial charge in [-0.1, -0.05) is 42.5 Å². The monoisotopic (exact) mass is 393 g/mol. The number of hydrogen-bond acceptors (Lipinski definition) is 2. The van der Waals surface area contributed by atoms with E-state index in [9.17, 15) is 23.5 Å². The van der Waals surface area contributed by atoms with Crippen LogP contribution < -0.4 is 0 Å². The maximum Gasteiger partial charge on any atom is 0.313 e. The van der Waals surface area contributed by atoms with Gasteiger partial charge in [0.2, 0.25) is 0 Å². The van der Waals surface area contributed by atoms with Gasteiger partial charge in [-0.2, -0.15) is 0 Å². The lowest BCUT2D eigenvalue weighted by Crippen LogP contribution is -2.44. The molecule has 1 heterocycles. The number of benzene rings is 3. The number of rotatable bonds is 4. The van der Waals surface area contributed by atoms with Crippen LogP contribution in [0, 0.1) is 11.6 Å². The zero-order valence-corrected chi connectivity index (χ0v) is 15.3. The quantitative estimate of drug-likeness (QED) is 0.709. The summed E-state index contributed by atoms with van der Waals surface area (Å²) in [5.74, 6) is -3.44. The number of aliphatic carboxylic acids is 1. The van der Waals surface area contributed by atoms with Crippen LogP contribution in [0.4, 0.5) is 8.78 Å². The second kappa shape index (κ2) is 7.47. The van der Waals surface area contributed by atoms with Gasteiger partial charge in [0.1, 0.15) is 17.6 Å². The van der Waals surface area contributed by atoms with Crippen LogP contribution in [0.5, 0.6) is 0 Å². The second-order valence-electron chi connectivity index (χ2n) is 6.96. The highest BCUT2D eigenvalue weighted by atomic mass is 19.1. The van der Waals surface area contributed by atoms with Crippen molar-refractivity contribution >= 4 is 11.9 Å². The van der Waals surface area contributed by atoms with Crippen LogP contribution >= 0.6 is 0 Å². The van der Waals surface area contributed by atoms with Crippen LogP contribution in [-0.2, 0) is 11.3 Å². The summed E-state index contributed by atoms with van der Waals surface area (Å²) in [4.78, 5) is 27.0. The van der Waals surface area contributed by atoms with Crippen molar-refractivity contribution in [2.24, 2.45) is 0 Å². The molecule has 2 atom stereocenters. The largest absolute Gasteiger partial charge is 0.481 e. The topological polar surface area (TPSA) is 57.6 Å². The summed E-state index contributed by atoms with van der Waals surface area (Å²) in [6.45, 7) is 0.0679. The third-order valence-electron chi connectivity index (χ3n) is 5.16. The van der Waals surface area contributed by atoms with Crippen molar-refractivity contribution in [3.8, 4) is 0 Å². The number of nitrogens with zero attached hydrogens (tertiary/aromatic N) is 1. The fraction of sp³-hybridized carbons (Fsp3) is 0.130. The first-order valence-corrected chi connectivity index (χ1v) is 9.08. The van der Waals surface area contributed by atoms with E-state index in [4.69, 9.17) is 0 Å². The van der Waals surface area contributed by atoms with Gasteiger partial charge in [-0.3, -0.25) is 9.59 Å². The summed E-state index contributed by atoms with van der Waals surface area (Å²) in [5, 5.41) is 10.0. The molecule has 146 valence electrons. The molecule has 0 radical (unpaired) electrons. The molecule has 0 bridgehead atoms. The Bertz CT molecular complexity index is 1080. The molecule has 2 unspecified atom stereocenters. The standard InChI is InChI=1S/C23H17F2NO3/c24-16-10-8-14(9-11-16)13-26-21(15-4-3-5-17(25)12-15)20(23(28)29)18-6-1-2-7-19(18)22(26)27/h1-12,20-21H,13H2,(H,28,29). The highest BCUT2D eigenvalue weighted by molar-refractivity contribution is 6.00. The molecule has 1 aliphatic rings. The molecule has 1 aliphatic heterocycles. The summed E-state index contributed by atoms with van der Waals surface area (Å²) in [5.41, 5.74) is 1.73. The lowest BCUT2D eigenvalue weighted by Gasteiger charge is -2.41. The van der Waals surface area contributed by atoms with Crippen molar-refractivity contribution < 1.29 is 23.5 Å². The minimum Gasteiger partial charge on any atom is -0.481 e. The Hall–Kier alpha value is -3.54. The first kappa shape index (κ1) is 18.8. The molecule has 6 heteroatoms. The average Bonchev–Trinajstić information content (AvgIpc) is 2.71. The lowest BCUT2D eigenvalue weighted by molar-refractivity contribution is -0.140. The van der Waals surface area contributed by atoms with E-state index in [1.54, 1.807) is 42.5 Å². The smallest absolute Gasteiger partial charge is 0.313 e. The number of carboxylic acid groups (broad SMARTS) is 1. The molecular formula is C23H17F2NO3. The van der Waals surface area contributed by atoms with Crippen molar-refractivity contribution in [1.29, 1.82) is 0 Å². The number of carbonyl (C=O) groups is 2. The Labute approximate surface area is 166 Å². The highest BCUT2D eigenvalue weighted by Crippen LogP contribution is 2.43. The summed E-state index contributed by atoms with van der Waals surface area (Å²) < 4.78 is 27.2. The van der Waals surface area contributed by atoms with Crippen LogP contribution in [0.25, 0.3) is 0 Å². The summed E-state index contributed by atoms with van der Waals surface area (Å²) >= 11 is 0. The molecule has 0 saturated carbocycles. The van der Waals surface area contributed by atoms with Crippen LogP contribution in [0.15, 0.2) is 72.8 Å². The zero-order chi connectivity index (χ0) is 20.5. The third-order valence-corrected chi connectivity index (χ3v) is 5.16. The van der Waals surface area contributed by atoms with Crippen molar-refractivity contribution in [3.63, 3.8) is 0 Å². The molecule has 0 aliphatic carbocycles. The molecule has 4 rings (SSSR count). The minimum absolute atomic E-state index is 0.0679. The Morgan fingerprint density at radius 1 is 0.931 bits per heavy atom. The fourth-order valence-corrected chi connectivity index (χ4v) is 3.88. The van der Waals surface area contributed by atoms with E-state index in [0.717, 1.165) is 0 Å². The van der Waals surface area contributed by atoms with E-state index in [1.807, 2.05) is 0 Å². The van der Waals surface area contributed by atoms with E-state index in [2.05, 4.69) is 0 Å². The van der Waals surface area contributed by atoms with Gasteiger partial charge in [0.05, 0.1) is 6.04 Å². The number of fused-ring (bicyclic) bond motifs is 1. The number of carbonyl (C=O) groups excluding carboxylic acids is 1. The minimum atomic E-state index is -1.11. The van der Waals surface area contributed by atoms with Crippen LogP contribution in [0.1, 0.15) is 39.0 Å². The Morgan fingerprint density at radius 3 is 2.34 bits per heavy atom. The molecule has 0 aromatic heterocycles. The van der Waals surface area contributed by atoms with Crippen molar-refractivity contribution in [1.82, 2.24) is 4.90 Å². The van der Waals surface area contributed by atoms with Gasteiger partial charge in [-0.15, -0.1) is 0 Å². The van der Waals surface area contributed by atoms with Crippen LogP contribution in [-0.4, -0.2) is 21.9 Å². The van der Waals surface area contributed by atoms with Crippen molar-refractivity contribution in [2.75, 3.05) is 0 Å². The van der Waals surface area contributed by atoms with Gasteiger partial charge in [-0.25, -0.2) is 8.78 Å². The van der Waals surface area contributed by atoms with Gasteiger partial charge < -0.3 is 10.0 Å². The molecule has 3 aromatic carbocycles. The molecule has 0 fully saturated rings. The SMILES string of the molecule is O=C(O)C1c2ccccc2C(=O)N(Cc2ccc(F)cc2)C1c1cccc(F)c1. The lowest BCUT2D eigenvalue weighted by atomic mass is 9.79. The zero-order valence-electron chi connectivity index (χ0n) is 15.3. The van der Waals surface area contributed by atoms with Gasteiger partial charge in [0, 0.05) is 12.1 Å². The molecular weight excluding hydrogens is 376 g/mol. The predicted octanol–water partition coefficient (Wildman–Crippen LogP) is 4.53. The van der Waals surface area contributed by atoms with Crippen molar-refractivity contribution in [3.05, 3.63) is 107 Å². The van der Waals surface area contributed by atoms with Crippen molar-refractivity contribution in [2.45, 2.75) is 18.5 Å². The maximum absolute atomic E-state index is 13.9. The van der Waals surface area contributed by atoms with E-state index < -0.39 is 29.6 Å². The maximum atomic E-state index is 13.9. The summed E-state index contributed by atoms with van der Waals surface area (Å²) in [7, 11) is 0. The number of amides is 1. The number of carboxylic acids is 1. The molecule has 3 aromatic rings. The highest BCUT2D eigenvalue weighted by Gasteiger charge is 2.44. The molecule has 4 nitrogen and oxygen atoms in total. The van der Waals surface area contributed by atoms with E-state index in [1.165, 1.54) is 35.2 Å². The second-order valence-corrected chi connectivity index (χ2v) is 6.96. The van der Waals surface area contributed by atoms with E-state index >= 15 is 0 Å². The summed E-state index contributed by atoms with van der Waals surface area (Å²) in [6.07, 6.45) is 0. The number of halogens is 2. The predicted molar refractivity (Wildman–Crippen MR) is 102 cm³/mol. The van der Waals surface area contributed by atoms with Crippen LogP contribution in [0.2, 0.25) is 0 Å². The first-order valence-electron chi connectivity index (χ1n) is 9.08. The van der Waals surface area contributed by atoms with Gasteiger partial charge >= 0.3 is 5.97 Å². The Morgan fingerprint density at radius 2 is 1.66 bits per heavy atom.